The number of aliphatic carboxylic acids is 1. The van der Waals surface area contributed by atoms with E-state index in [0.29, 0.717) is 34.8 Å². The van der Waals surface area contributed by atoms with Crippen molar-refractivity contribution in [2.45, 2.75) is 20.1 Å². The Morgan fingerprint density at radius 3 is 2.64 bits per heavy atom. The molecule has 0 aliphatic carbocycles. The zero-order valence-electron chi connectivity index (χ0n) is 19.6. The molecule has 0 atom stereocenters. The largest absolute Gasteiger partial charge is 0.493 e. The van der Waals surface area contributed by atoms with Crippen LogP contribution in [0.1, 0.15) is 33.3 Å². The Labute approximate surface area is 206 Å². The highest BCUT2D eigenvalue weighted by Gasteiger charge is 2.14. The molecule has 0 saturated carbocycles. The molecule has 2 aromatic heterocycles. The first kappa shape index (κ1) is 24.3. The van der Waals surface area contributed by atoms with E-state index in [9.17, 15) is 9.59 Å². The van der Waals surface area contributed by atoms with Crippen LogP contribution in [0.15, 0.2) is 65.2 Å². The molecule has 0 aliphatic heterocycles. The predicted octanol–water partition coefficient (Wildman–Crippen LogP) is 4.25. The van der Waals surface area contributed by atoms with E-state index in [1.165, 1.54) is 13.2 Å². The molecular weight excluding hydrogens is 466 g/mol. The quantitative estimate of drug-likeness (QED) is 0.243. The Balaban J connectivity index is 1.42. The van der Waals surface area contributed by atoms with E-state index in [0.717, 1.165) is 17.3 Å². The Morgan fingerprint density at radius 2 is 1.92 bits per heavy atom. The van der Waals surface area contributed by atoms with Crippen LogP contribution >= 0.6 is 0 Å². The molecule has 0 bridgehead atoms. The van der Waals surface area contributed by atoms with Crippen molar-refractivity contribution in [1.29, 1.82) is 0 Å². The summed E-state index contributed by atoms with van der Waals surface area (Å²) in [6.07, 6.45) is 4.54. The maximum Gasteiger partial charge on any atom is 0.328 e. The summed E-state index contributed by atoms with van der Waals surface area (Å²) < 4.78 is 24.1. The molecule has 36 heavy (non-hydrogen) atoms. The highest BCUT2D eigenvalue weighted by molar-refractivity contribution is 5.84. The van der Waals surface area contributed by atoms with Gasteiger partial charge in [-0.2, -0.15) is 0 Å². The number of ether oxygens (including phenoxy) is 3. The summed E-state index contributed by atoms with van der Waals surface area (Å²) in [5.41, 5.74) is 2.46. The summed E-state index contributed by atoms with van der Waals surface area (Å²) in [6.45, 7) is 1.97. The van der Waals surface area contributed by atoms with E-state index >= 15 is 0 Å². The Morgan fingerprint density at radius 1 is 1.11 bits per heavy atom. The summed E-state index contributed by atoms with van der Waals surface area (Å²) in [4.78, 5) is 26.4. The molecule has 0 radical (unpaired) electrons. The number of hydrogen-bond acceptors (Lipinski definition) is 8. The van der Waals surface area contributed by atoms with Gasteiger partial charge in [-0.3, -0.25) is 4.79 Å². The van der Waals surface area contributed by atoms with Gasteiger partial charge in [-0.05, 0) is 36.8 Å². The molecule has 0 amide bonds. The zero-order valence-corrected chi connectivity index (χ0v) is 19.6. The lowest BCUT2D eigenvalue weighted by Crippen LogP contribution is -2.02. The van der Waals surface area contributed by atoms with Crippen molar-refractivity contribution in [2.24, 2.45) is 0 Å². The van der Waals surface area contributed by atoms with Crippen LogP contribution in [0.3, 0.4) is 0 Å². The summed E-state index contributed by atoms with van der Waals surface area (Å²) >= 11 is 0. The number of aldehydes is 1. The second-order valence-electron chi connectivity index (χ2n) is 7.58. The fourth-order valence-corrected chi connectivity index (χ4v) is 3.29. The van der Waals surface area contributed by atoms with E-state index in [1.807, 2.05) is 36.4 Å². The van der Waals surface area contributed by atoms with E-state index in [2.05, 4.69) is 10.1 Å². The average Bonchev–Trinajstić information content (AvgIpc) is 3.48. The van der Waals surface area contributed by atoms with Crippen LogP contribution in [0.4, 0.5) is 0 Å². The molecule has 4 rings (SSSR count). The monoisotopic (exact) mass is 489 g/mol. The lowest BCUT2D eigenvalue weighted by atomic mass is 10.2. The van der Waals surface area contributed by atoms with Crippen molar-refractivity contribution < 1.29 is 33.3 Å². The molecular formula is C26H23N3O7. The van der Waals surface area contributed by atoms with Crippen molar-refractivity contribution >= 4 is 18.3 Å². The summed E-state index contributed by atoms with van der Waals surface area (Å²) in [7, 11) is 1.52. The van der Waals surface area contributed by atoms with Crippen molar-refractivity contribution in [3.8, 4) is 23.1 Å². The molecule has 0 spiro atoms. The molecule has 1 N–H and O–H groups in total. The molecule has 0 aliphatic rings. The molecule has 10 heteroatoms. The van der Waals surface area contributed by atoms with E-state index in [4.69, 9.17) is 23.7 Å². The van der Waals surface area contributed by atoms with Crippen LogP contribution in [0.25, 0.3) is 11.8 Å². The number of aryl methyl sites for hydroxylation is 1. The number of oxazole rings is 1. The van der Waals surface area contributed by atoms with Crippen LogP contribution in [0, 0.1) is 6.92 Å². The standard InChI is InChI=1S/C26H23N3O7/c1-17-21(27-24(36-17)10-11-25(31)32)16-34-22-9-8-18(12-23(22)33-2)15-35-26-19(14-30)13-29(28-26)20-6-4-3-5-7-20/h3-14H,15-16H2,1-2H3,(H,31,32). The smallest absolute Gasteiger partial charge is 0.328 e. The second kappa shape index (κ2) is 11.0. The predicted molar refractivity (Wildman–Crippen MR) is 129 cm³/mol. The van der Waals surface area contributed by atoms with Crippen molar-refractivity contribution in [3.05, 3.63) is 89.3 Å². The molecule has 2 heterocycles. The number of carboxylic acid groups (broad SMARTS) is 1. The minimum absolute atomic E-state index is 0.0993. The van der Waals surface area contributed by atoms with Gasteiger partial charge >= 0.3 is 5.97 Å². The summed E-state index contributed by atoms with van der Waals surface area (Å²) in [6, 6.07) is 14.7. The maximum atomic E-state index is 11.5. The normalized spacial score (nSPS) is 10.9. The Hall–Kier alpha value is -4.86. The number of rotatable bonds is 11. The highest BCUT2D eigenvalue weighted by Crippen LogP contribution is 2.30. The fraction of sp³-hybridized carbons (Fsp3) is 0.154. The summed E-state index contributed by atoms with van der Waals surface area (Å²) in [5, 5.41) is 13.1. The molecule has 0 fully saturated rings. The molecule has 2 aromatic carbocycles. The van der Waals surface area contributed by atoms with E-state index in [-0.39, 0.29) is 25.0 Å². The van der Waals surface area contributed by atoms with Gasteiger partial charge in [-0.15, -0.1) is 5.10 Å². The lowest BCUT2D eigenvalue weighted by Gasteiger charge is -2.12. The van der Waals surface area contributed by atoms with Gasteiger partial charge < -0.3 is 23.7 Å². The Bertz CT molecular complexity index is 1390. The van der Waals surface area contributed by atoms with Gasteiger partial charge in [-0.25, -0.2) is 14.5 Å². The van der Waals surface area contributed by atoms with Crippen LogP contribution in [0.5, 0.6) is 17.4 Å². The minimum atomic E-state index is -1.09. The number of carbonyl (C=O) groups excluding carboxylic acids is 1. The third-order valence-corrected chi connectivity index (χ3v) is 5.10. The van der Waals surface area contributed by atoms with Crippen LogP contribution in [-0.2, 0) is 18.0 Å². The zero-order chi connectivity index (χ0) is 25.5. The number of carboxylic acids is 1. The first-order chi connectivity index (χ1) is 17.5. The molecule has 0 unspecified atom stereocenters. The van der Waals surface area contributed by atoms with Gasteiger partial charge in [0.2, 0.25) is 11.8 Å². The van der Waals surface area contributed by atoms with Crippen molar-refractivity contribution in [3.63, 3.8) is 0 Å². The first-order valence-electron chi connectivity index (χ1n) is 10.9. The maximum absolute atomic E-state index is 11.5. The second-order valence-corrected chi connectivity index (χ2v) is 7.58. The molecule has 4 aromatic rings. The van der Waals surface area contributed by atoms with Gasteiger partial charge in [0.25, 0.3) is 0 Å². The Kier molecular flexibility index (Phi) is 7.45. The molecule has 10 nitrogen and oxygen atoms in total. The lowest BCUT2D eigenvalue weighted by molar-refractivity contribution is -0.131. The van der Waals surface area contributed by atoms with Crippen LogP contribution < -0.4 is 14.2 Å². The molecule has 184 valence electrons. The number of para-hydroxylation sites is 1. The van der Waals surface area contributed by atoms with E-state index in [1.54, 1.807) is 29.9 Å². The minimum Gasteiger partial charge on any atom is -0.493 e. The van der Waals surface area contributed by atoms with Crippen molar-refractivity contribution in [2.75, 3.05) is 7.11 Å². The number of carbonyl (C=O) groups is 2. The fourth-order valence-electron chi connectivity index (χ4n) is 3.29. The van der Waals surface area contributed by atoms with Crippen LogP contribution in [0.2, 0.25) is 0 Å². The number of benzene rings is 2. The topological polar surface area (TPSA) is 126 Å². The van der Waals surface area contributed by atoms with Gasteiger partial charge in [0, 0.05) is 18.3 Å². The first-order valence-corrected chi connectivity index (χ1v) is 10.9. The third-order valence-electron chi connectivity index (χ3n) is 5.10. The molecule has 0 saturated heterocycles. The van der Waals surface area contributed by atoms with Crippen LogP contribution in [-0.4, -0.2) is 39.2 Å². The van der Waals surface area contributed by atoms with Gasteiger partial charge in [0.1, 0.15) is 24.7 Å². The number of nitrogens with zero attached hydrogens (tertiary/aromatic N) is 3. The average molecular weight is 489 g/mol. The number of aromatic nitrogens is 3. The van der Waals surface area contributed by atoms with Gasteiger partial charge in [0.15, 0.2) is 17.8 Å². The van der Waals surface area contributed by atoms with Gasteiger partial charge in [-0.1, -0.05) is 24.3 Å². The number of methoxy groups -OCH3 is 1. The van der Waals surface area contributed by atoms with E-state index < -0.39 is 5.97 Å². The highest BCUT2D eigenvalue weighted by atomic mass is 16.5. The van der Waals surface area contributed by atoms with Crippen molar-refractivity contribution in [1.82, 2.24) is 14.8 Å². The number of hydrogen-bond donors (Lipinski definition) is 1. The summed E-state index contributed by atoms with van der Waals surface area (Å²) in [5.74, 6) is 0.788. The van der Waals surface area contributed by atoms with Gasteiger partial charge in [0.05, 0.1) is 18.4 Å². The SMILES string of the molecule is COc1cc(COc2nn(-c3ccccc3)cc2C=O)ccc1OCc1nc(C=CC(=O)O)oc1C. The third kappa shape index (κ3) is 5.79.